The van der Waals surface area contributed by atoms with Crippen LogP contribution in [0.2, 0.25) is 0 Å². The number of hydrogen-bond donors (Lipinski definition) is 0. The molecule has 0 N–H and O–H groups in total. The predicted molar refractivity (Wildman–Crippen MR) is 142 cm³/mol. The summed E-state index contributed by atoms with van der Waals surface area (Å²) in [4.78, 5) is 42.5. The largest absolute Gasteiger partial charge is 0.459 e. The lowest BCUT2D eigenvalue weighted by Gasteiger charge is -2.23. The van der Waals surface area contributed by atoms with Gasteiger partial charge in [0.1, 0.15) is 24.5 Å². The van der Waals surface area contributed by atoms with E-state index in [9.17, 15) is 14.4 Å². The van der Waals surface area contributed by atoms with Crippen molar-refractivity contribution in [2.24, 2.45) is 0 Å². The monoisotopic (exact) mass is 530 g/mol. The maximum Gasteiger partial charge on any atom is 0.350 e. The Morgan fingerprint density at radius 1 is 0.974 bits per heavy atom. The van der Waals surface area contributed by atoms with Crippen molar-refractivity contribution in [3.05, 3.63) is 100 Å². The number of rotatable bonds is 9. The first-order valence-corrected chi connectivity index (χ1v) is 12.8. The Hall–Kier alpha value is -4.26. The van der Waals surface area contributed by atoms with Gasteiger partial charge in [-0.1, -0.05) is 55.7 Å². The van der Waals surface area contributed by atoms with Gasteiger partial charge in [0.25, 0.3) is 0 Å². The number of unbranched alkanes of at least 4 members (excludes halogenated alkanes) is 2. The molecular weight excluding hydrogens is 500 g/mol. The van der Waals surface area contributed by atoms with E-state index in [2.05, 4.69) is 23.7 Å². The molecule has 1 fully saturated rings. The van der Waals surface area contributed by atoms with E-state index < -0.39 is 42.2 Å². The second-order valence-corrected chi connectivity index (χ2v) is 8.87. The lowest BCUT2D eigenvalue weighted by Crippen LogP contribution is -2.41. The molecule has 0 unspecified atom stereocenters. The van der Waals surface area contributed by atoms with Crippen LogP contribution in [0.4, 0.5) is 0 Å². The first-order chi connectivity index (χ1) is 19.0. The molecule has 1 aromatic heterocycles. The van der Waals surface area contributed by atoms with Gasteiger partial charge in [-0.05, 0) is 42.7 Å². The second-order valence-electron chi connectivity index (χ2n) is 8.87. The van der Waals surface area contributed by atoms with Crippen LogP contribution in [0.15, 0.2) is 77.7 Å². The van der Waals surface area contributed by atoms with Gasteiger partial charge in [0, 0.05) is 19.7 Å². The molecule has 2 aromatic carbocycles. The van der Waals surface area contributed by atoms with Crippen LogP contribution in [0, 0.1) is 11.8 Å². The number of benzene rings is 2. The lowest BCUT2D eigenvalue weighted by molar-refractivity contribution is -0.0657. The molecular formula is C30H30N2O7. The van der Waals surface area contributed by atoms with Gasteiger partial charge in [-0.25, -0.2) is 14.4 Å². The van der Waals surface area contributed by atoms with Crippen molar-refractivity contribution >= 4 is 11.9 Å². The zero-order valence-electron chi connectivity index (χ0n) is 21.8. The van der Waals surface area contributed by atoms with Crippen molar-refractivity contribution in [3.63, 3.8) is 0 Å². The molecule has 0 amide bonds. The van der Waals surface area contributed by atoms with Crippen molar-refractivity contribution in [1.82, 2.24) is 9.55 Å². The minimum Gasteiger partial charge on any atom is -0.459 e. The Balaban J connectivity index is 1.57. The predicted octanol–water partition coefficient (Wildman–Crippen LogP) is 3.78. The number of hydrogen-bond acceptors (Lipinski definition) is 8. The van der Waals surface area contributed by atoms with Crippen molar-refractivity contribution in [2.75, 3.05) is 13.7 Å². The molecule has 2 heterocycles. The molecule has 1 saturated heterocycles. The Kier molecular flexibility index (Phi) is 9.62. The second kappa shape index (κ2) is 13.5. The summed E-state index contributed by atoms with van der Waals surface area (Å²) in [6.07, 6.45) is 0.442. The van der Waals surface area contributed by atoms with Crippen molar-refractivity contribution in [1.29, 1.82) is 0 Å². The number of aromatic nitrogens is 2. The third-order valence-electron chi connectivity index (χ3n) is 6.17. The van der Waals surface area contributed by atoms with Crippen LogP contribution >= 0.6 is 0 Å². The number of nitrogens with zero attached hydrogens (tertiary/aromatic N) is 2. The fourth-order valence-electron chi connectivity index (χ4n) is 4.13. The van der Waals surface area contributed by atoms with Gasteiger partial charge in [0.05, 0.1) is 11.1 Å². The molecule has 202 valence electrons. The fourth-order valence-corrected chi connectivity index (χ4v) is 4.13. The van der Waals surface area contributed by atoms with Crippen LogP contribution in [-0.2, 0) is 18.9 Å². The normalized spacial score (nSPS) is 20.1. The summed E-state index contributed by atoms with van der Waals surface area (Å²) in [6, 6.07) is 18.6. The summed E-state index contributed by atoms with van der Waals surface area (Å²) >= 11 is 0. The molecule has 4 atom stereocenters. The Morgan fingerprint density at radius 3 is 2.26 bits per heavy atom. The summed E-state index contributed by atoms with van der Waals surface area (Å²) in [5.41, 5.74) is 0.448. The number of carbonyl (C=O) groups is 2. The van der Waals surface area contributed by atoms with Crippen LogP contribution in [0.1, 0.15) is 58.8 Å². The number of methoxy groups -OCH3 is 1. The fraction of sp³-hybridized carbons (Fsp3) is 0.333. The average Bonchev–Trinajstić information content (AvgIpc) is 3.31. The Labute approximate surface area is 226 Å². The number of ether oxygens (including phenoxy) is 4. The van der Waals surface area contributed by atoms with E-state index in [1.54, 1.807) is 66.7 Å². The lowest BCUT2D eigenvalue weighted by atomic mass is 10.1. The highest BCUT2D eigenvalue weighted by atomic mass is 16.6. The molecule has 4 rings (SSSR count). The minimum absolute atomic E-state index is 0.236. The van der Waals surface area contributed by atoms with Crippen LogP contribution in [-0.4, -0.2) is 53.5 Å². The van der Waals surface area contributed by atoms with Crippen molar-refractivity contribution < 1.29 is 28.5 Å². The molecule has 3 aromatic rings. The zero-order valence-corrected chi connectivity index (χ0v) is 21.8. The molecule has 9 heteroatoms. The first-order valence-electron chi connectivity index (χ1n) is 12.8. The molecule has 0 aliphatic carbocycles. The highest BCUT2D eigenvalue weighted by Crippen LogP contribution is 2.33. The SMILES string of the molecule is CCCCC#Cc1ccn([C@@H]2O[C@H](COC(=O)c3ccccc3)[C@@H](OC(=O)c3ccccc3)[C@H]2OC)c(=O)n1. The topological polar surface area (TPSA) is 106 Å². The maximum atomic E-state index is 12.9. The van der Waals surface area contributed by atoms with Gasteiger partial charge >= 0.3 is 17.6 Å². The summed E-state index contributed by atoms with van der Waals surface area (Å²) in [5, 5.41) is 0. The number of esters is 2. The molecule has 0 bridgehead atoms. The van der Waals surface area contributed by atoms with Gasteiger partial charge < -0.3 is 18.9 Å². The Morgan fingerprint density at radius 2 is 1.64 bits per heavy atom. The number of carbonyl (C=O) groups excluding carboxylic acids is 2. The van der Waals surface area contributed by atoms with Gasteiger partial charge in [0.15, 0.2) is 12.3 Å². The molecule has 1 aliphatic heterocycles. The van der Waals surface area contributed by atoms with Crippen molar-refractivity contribution in [3.8, 4) is 11.8 Å². The van der Waals surface area contributed by atoms with Gasteiger partial charge in [0.2, 0.25) is 0 Å². The summed E-state index contributed by atoms with van der Waals surface area (Å²) in [5.74, 6) is 4.75. The standard InChI is InChI=1S/C30H30N2O7/c1-3-4-5-12-17-23-18-19-32(30(35)31-23)27-26(36-2)25(39-29(34)22-15-10-7-11-16-22)24(38-27)20-37-28(33)21-13-8-6-9-14-21/h6-11,13-16,18-19,24-27H,3-5,20H2,1-2H3/t24-,25-,26-,27-/m1/s1. The van der Waals surface area contributed by atoms with E-state index in [1.165, 1.54) is 17.9 Å². The van der Waals surface area contributed by atoms with Gasteiger partial charge in [-0.15, -0.1) is 0 Å². The molecule has 0 radical (unpaired) electrons. The molecule has 9 nitrogen and oxygen atoms in total. The van der Waals surface area contributed by atoms with E-state index >= 15 is 0 Å². The molecule has 0 saturated carbocycles. The van der Waals surface area contributed by atoms with E-state index in [0.29, 0.717) is 16.8 Å². The van der Waals surface area contributed by atoms with E-state index in [0.717, 1.165) is 19.3 Å². The summed E-state index contributed by atoms with van der Waals surface area (Å²) in [7, 11) is 1.43. The highest BCUT2D eigenvalue weighted by Gasteiger charge is 2.49. The van der Waals surface area contributed by atoms with E-state index in [1.807, 2.05) is 0 Å². The zero-order chi connectivity index (χ0) is 27.6. The molecule has 39 heavy (non-hydrogen) atoms. The van der Waals surface area contributed by atoms with E-state index in [-0.39, 0.29) is 6.61 Å². The Bertz CT molecular complexity index is 1380. The molecule has 1 aliphatic rings. The van der Waals surface area contributed by atoms with E-state index in [4.69, 9.17) is 18.9 Å². The van der Waals surface area contributed by atoms with Crippen molar-refractivity contribution in [2.45, 2.75) is 50.7 Å². The first kappa shape index (κ1) is 27.8. The van der Waals surface area contributed by atoms with Gasteiger partial charge in [-0.2, -0.15) is 4.98 Å². The van der Waals surface area contributed by atoms with Crippen LogP contribution in [0.3, 0.4) is 0 Å². The quantitative estimate of drug-likeness (QED) is 0.234. The van der Waals surface area contributed by atoms with Crippen LogP contribution < -0.4 is 5.69 Å². The van der Waals surface area contributed by atoms with Gasteiger partial charge in [-0.3, -0.25) is 4.57 Å². The minimum atomic E-state index is -0.994. The van der Waals surface area contributed by atoms with Crippen LogP contribution in [0.25, 0.3) is 0 Å². The average molecular weight is 531 g/mol. The third-order valence-corrected chi connectivity index (χ3v) is 6.17. The van der Waals surface area contributed by atoms with Crippen LogP contribution in [0.5, 0.6) is 0 Å². The third kappa shape index (κ3) is 6.99. The molecule has 0 spiro atoms. The maximum absolute atomic E-state index is 12.9. The highest BCUT2D eigenvalue weighted by molar-refractivity contribution is 5.90. The smallest absolute Gasteiger partial charge is 0.350 e. The summed E-state index contributed by atoms with van der Waals surface area (Å²) < 4.78 is 24.3. The summed E-state index contributed by atoms with van der Waals surface area (Å²) in [6.45, 7) is 1.84.